The number of hydrogen-bond donors (Lipinski definition) is 3. The third-order valence-corrected chi connectivity index (χ3v) is 4.04. The highest BCUT2D eigenvalue weighted by molar-refractivity contribution is 7.13. The molecule has 0 radical (unpaired) electrons. The predicted octanol–water partition coefficient (Wildman–Crippen LogP) is 1.28. The summed E-state index contributed by atoms with van der Waals surface area (Å²) in [6, 6.07) is 9.76. The van der Waals surface area contributed by atoms with Crippen molar-refractivity contribution in [1.82, 2.24) is 25.6 Å². The second kappa shape index (κ2) is 7.01. The Morgan fingerprint density at radius 1 is 1.25 bits per heavy atom. The van der Waals surface area contributed by atoms with Crippen molar-refractivity contribution in [3.05, 3.63) is 57.5 Å². The number of hydrazine groups is 1. The molecule has 2 aromatic heterocycles. The average molecular weight is 342 g/mol. The quantitative estimate of drug-likeness (QED) is 0.602. The van der Waals surface area contributed by atoms with Crippen LogP contribution in [-0.4, -0.2) is 26.1 Å². The number of rotatable bonds is 5. The van der Waals surface area contributed by atoms with Crippen LogP contribution >= 0.6 is 11.3 Å². The first kappa shape index (κ1) is 15.8. The maximum absolute atomic E-state index is 11.9. The Kier molecular flexibility index (Phi) is 4.62. The number of benzene rings is 1. The summed E-state index contributed by atoms with van der Waals surface area (Å²) < 4.78 is 0. The van der Waals surface area contributed by atoms with Gasteiger partial charge in [-0.25, -0.2) is 4.98 Å². The van der Waals surface area contributed by atoms with Gasteiger partial charge in [-0.05, 0) is 6.92 Å². The fourth-order valence-corrected chi connectivity index (χ4v) is 2.71. The number of aromatic amines is 1. The van der Waals surface area contributed by atoms with Crippen LogP contribution in [-0.2, 0) is 11.2 Å². The summed E-state index contributed by atoms with van der Waals surface area (Å²) in [6.45, 7) is 1.54. The van der Waals surface area contributed by atoms with Crippen LogP contribution in [0.5, 0.6) is 0 Å². The van der Waals surface area contributed by atoms with Gasteiger partial charge in [0.05, 0.1) is 12.1 Å². The van der Waals surface area contributed by atoms with E-state index in [9.17, 15) is 9.59 Å². The lowest BCUT2D eigenvalue weighted by molar-refractivity contribution is -0.120. The highest BCUT2D eigenvalue weighted by Gasteiger charge is 2.09. The van der Waals surface area contributed by atoms with Gasteiger partial charge in [0.1, 0.15) is 10.7 Å². The van der Waals surface area contributed by atoms with Gasteiger partial charge in [-0.2, -0.15) is 0 Å². The normalized spacial score (nSPS) is 10.4. The molecule has 0 saturated carbocycles. The van der Waals surface area contributed by atoms with Gasteiger partial charge in [0.25, 0.3) is 5.56 Å². The van der Waals surface area contributed by atoms with Gasteiger partial charge in [0, 0.05) is 10.9 Å². The van der Waals surface area contributed by atoms with Crippen LogP contribution in [0, 0.1) is 6.92 Å². The van der Waals surface area contributed by atoms with E-state index in [2.05, 4.69) is 31.0 Å². The summed E-state index contributed by atoms with van der Waals surface area (Å²) in [5, 5.41) is 10.1. The van der Waals surface area contributed by atoms with Gasteiger partial charge in [0.15, 0.2) is 0 Å². The summed E-state index contributed by atoms with van der Waals surface area (Å²) in [5.41, 5.74) is 6.53. The first-order chi connectivity index (χ1) is 11.6. The number of nitrogens with one attached hydrogen (secondary N) is 3. The number of carbonyl (C=O) groups is 1. The second-order valence-corrected chi connectivity index (χ2v) is 5.81. The molecule has 3 N–H and O–H groups in total. The number of thiazole rings is 1. The zero-order chi connectivity index (χ0) is 16.9. The number of amides is 1. The van der Waals surface area contributed by atoms with E-state index in [4.69, 9.17) is 0 Å². The van der Waals surface area contributed by atoms with E-state index < -0.39 is 0 Å². The van der Waals surface area contributed by atoms with Crippen molar-refractivity contribution in [2.24, 2.45) is 0 Å². The minimum Gasteiger partial charge on any atom is -0.288 e. The molecule has 0 fully saturated rings. The fraction of sp³-hybridized carbons (Fsp3) is 0.133. The number of anilines is 1. The lowest BCUT2D eigenvalue weighted by Gasteiger charge is -2.05. The van der Waals surface area contributed by atoms with E-state index in [1.807, 2.05) is 35.7 Å². The zero-order valence-corrected chi connectivity index (χ0v) is 13.6. The highest BCUT2D eigenvalue weighted by Crippen LogP contribution is 2.23. The Bertz CT molecular complexity index is 906. The number of aromatic nitrogens is 4. The zero-order valence-electron chi connectivity index (χ0n) is 12.7. The van der Waals surface area contributed by atoms with Crippen LogP contribution in [0.3, 0.4) is 0 Å². The molecule has 0 unspecified atom stereocenters. The average Bonchev–Trinajstić information content (AvgIpc) is 3.05. The van der Waals surface area contributed by atoms with Crippen LogP contribution in [0.15, 0.2) is 40.5 Å². The first-order valence-electron chi connectivity index (χ1n) is 7.10. The lowest BCUT2D eigenvalue weighted by atomic mass is 10.2. The van der Waals surface area contributed by atoms with Crippen LogP contribution in [0.25, 0.3) is 10.6 Å². The van der Waals surface area contributed by atoms with Gasteiger partial charge in [-0.15, -0.1) is 21.5 Å². The summed E-state index contributed by atoms with van der Waals surface area (Å²) in [7, 11) is 0. The molecule has 0 aliphatic carbocycles. The molecule has 24 heavy (non-hydrogen) atoms. The third-order valence-electron chi connectivity index (χ3n) is 3.10. The number of hydrogen-bond acceptors (Lipinski definition) is 7. The van der Waals surface area contributed by atoms with Crippen LogP contribution in [0.4, 0.5) is 5.95 Å². The van der Waals surface area contributed by atoms with Gasteiger partial charge < -0.3 is 0 Å². The van der Waals surface area contributed by atoms with Crippen molar-refractivity contribution < 1.29 is 4.79 Å². The standard InChI is InChI=1S/C15H14N6O2S/c1-9-13(23)17-15(20-18-9)21-19-12(22)7-11-8-24-14(16-11)10-5-3-2-4-6-10/h2-6,8H,7H2,1H3,(H,19,22)(H2,17,20,21,23). The predicted molar refractivity (Wildman–Crippen MR) is 90.4 cm³/mol. The Balaban J connectivity index is 1.58. The second-order valence-electron chi connectivity index (χ2n) is 4.95. The molecular formula is C15H14N6O2S. The molecule has 0 aliphatic rings. The Morgan fingerprint density at radius 2 is 2.04 bits per heavy atom. The molecule has 9 heteroatoms. The van der Waals surface area contributed by atoms with Crippen LogP contribution in [0.2, 0.25) is 0 Å². The van der Waals surface area contributed by atoms with Crippen molar-refractivity contribution in [3.63, 3.8) is 0 Å². The van der Waals surface area contributed by atoms with Crippen LogP contribution in [0.1, 0.15) is 11.4 Å². The first-order valence-corrected chi connectivity index (χ1v) is 7.98. The van der Waals surface area contributed by atoms with Gasteiger partial charge >= 0.3 is 0 Å². The molecule has 122 valence electrons. The molecule has 0 aliphatic heterocycles. The van der Waals surface area contributed by atoms with Crippen LogP contribution < -0.4 is 16.4 Å². The van der Waals surface area contributed by atoms with Crippen molar-refractivity contribution in [1.29, 1.82) is 0 Å². The SMILES string of the molecule is Cc1nnc(NNC(=O)Cc2csc(-c3ccccc3)n2)[nH]c1=O. The summed E-state index contributed by atoms with van der Waals surface area (Å²) >= 11 is 1.48. The molecule has 3 aromatic rings. The van der Waals surface area contributed by atoms with Crippen molar-refractivity contribution in [2.45, 2.75) is 13.3 Å². The van der Waals surface area contributed by atoms with E-state index in [1.54, 1.807) is 6.92 Å². The molecule has 3 rings (SSSR count). The molecule has 2 heterocycles. The van der Waals surface area contributed by atoms with Crippen molar-refractivity contribution >= 4 is 23.2 Å². The molecule has 0 saturated heterocycles. The third kappa shape index (κ3) is 3.82. The highest BCUT2D eigenvalue weighted by atomic mass is 32.1. The monoisotopic (exact) mass is 342 g/mol. The van der Waals surface area contributed by atoms with Gasteiger partial charge in [-0.1, -0.05) is 30.3 Å². The minimum absolute atomic E-state index is 0.0715. The molecule has 8 nitrogen and oxygen atoms in total. The van der Waals surface area contributed by atoms with Gasteiger partial charge in [0.2, 0.25) is 11.9 Å². The van der Waals surface area contributed by atoms with E-state index in [0.29, 0.717) is 5.69 Å². The van der Waals surface area contributed by atoms with Gasteiger partial charge in [-0.3, -0.25) is 25.4 Å². The maximum atomic E-state index is 11.9. The summed E-state index contributed by atoms with van der Waals surface area (Å²) in [6.07, 6.45) is 0.111. The Labute approximate surface area is 141 Å². The lowest BCUT2D eigenvalue weighted by Crippen LogP contribution is -2.33. The van der Waals surface area contributed by atoms with Crippen molar-refractivity contribution in [2.75, 3.05) is 5.43 Å². The Hall–Kier alpha value is -3.07. The molecule has 1 amide bonds. The largest absolute Gasteiger partial charge is 0.288 e. The Morgan fingerprint density at radius 3 is 2.79 bits per heavy atom. The summed E-state index contributed by atoms with van der Waals surface area (Å²) in [4.78, 5) is 30.2. The topological polar surface area (TPSA) is 113 Å². The number of carbonyl (C=O) groups excluding carboxylic acids is 1. The molecule has 0 bridgehead atoms. The van der Waals surface area contributed by atoms with Crippen molar-refractivity contribution in [3.8, 4) is 10.6 Å². The number of H-pyrrole nitrogens is 1. The minimum atomic E-state index is -0.367. The molecule has 0 atom stereocenters. The number of aryl methyl sites for hydroxylation is 1. The molecule has 1 aromatic carbocycles. The maximum Gasteiger partial charge on any atom is 0.274 e. The fourth-order valence-electron chi connectivity index (χ4n) is 1.89. The van der Waals surface area contributed by atoms with E-state index in [-0.39, 0.29) is 29.5 Å². The van der Waals surface area contributed by atoms with E-state index >= 15 is 0 Å². The van der Waals surface area contributed by atoms with E-state index in [1.165, 1.54) is 11.3 Å². The smallest absolute Gasteiger partial charge is 0.274 e. The number of nitrogens with zero attached hydrogens (tertiary/aromatic N) is 3. The molecular weight excluding hydrogens is 328 g/mol. The summed E-state index contributed by atoms with van der Waals surface area (Å²) in [5.74, 6) is -0.231. The molecule has 0 spiro atoms. The van der Waals surface area contributed by atoms with E-state index in [0.717, 1.165) is 10.6 Å².